The topological polar surface area (TPSA) is 145 Å². The van der Waals surface area contributed by atoms with Gasteiger partial charge in [-0.2, -0.15) is 0 Å². The van der Waals surface area contributed by atoms with Crippen LogP contribution in [0.4, 0.5) is 14.4 Å². The average Bonchev–Trinajstić information content (AvgIpc) is 2.89. The van der Waals surface area contributed by atoms with Gasteiger partial charge < -0.3 is 38.5 Å². The van der Waals surface area contributed by atoms with Crippen LogP contribution in [0.5, 0.6) is 11.5 Å². The van der Waals surface area contributed by atoms with Crippen molar-refractivity contribution < 1.29 is 52.3 Å². The van der Waals surface area contributed by atoms with Gasteiger partial charge in [0.2, 0.25) is 0 Å². The number of hydrogen-bond acceptors (Lipinski definition) is 12. The quantitative estimate of drug-likeness (QED) is 0.189. The Balaban J connectivity index is 2.98. The summed E-state index contributed by atoms with van der Waals surface area (Å²) in [4.78, 5) is 48.3. The maximum atomic E-state index is 12.4. The molecule has 214 valence electrons. The lowest BCUT2D eigenvalue weighted by Crippen LogP contribution is -2.43. The number of rotatable bonds is 15. The van der Waals surface area contributed by atoms with Crippen molar-refractivity contribution in [1.29, 1.82) is 0 Å². The fourth-order valence-corrected chi connectivity index (χ4v) is 2.86. The lowest BCUT2D eigenvalue weighted by molar-refractivity contribution is -0.143. The Morgan fingerprint density at radius 1 is 0.816 bits per heavy atom. The minimum Gasteiger partial charge on any atom is -0.468 e. The summed E-state index contributed by atoms with van der Waals surface area (Å²) in [6.07, 6.45) is -1.66. The molecule has 0 saturated carbocycles. The van der Waals surface area contributed by atoms with Crippen molar-refractivity contribution in [3.05, 3.63) is 23.8 Å². The molecular formula is C26H39NO11. The Bertz CT molecular complexity index is 905. The van der Waals surface area contributed by atoms with Gasteiger partial charge in [-0.25, -0.2) is 14.4 Å². The summed E-state index contributed by atoms with van der Waals surface area (Å²) in [7, 11) is 1.25. The van der Waals surface area contributed by atoms with E-state index in [4.69, 9.17) is 33.2 Å². The molecule has 0 bridgehead atoms. The zero-order valence-corrected chi connectivity index (χ0v) is 22.9. The summed E-state index contributed by atoms with van der Waals surface area (Å²) in [6, 6.07) is 3.61. The number of carbonyl (C=O) groups is 4. The molecule has 0 saturated heterocycles. The van der Waals surface area contributed by atoms with Crippen LogP contribution in [-0.4, -0.2) is 69.6 Å². The number of nitrogens with one attached hydrogen (secondary N) is 1. The molecule has 0 aliphatic carbocycles. The number of esters is 1. The number of hydrogen-bond donors (Lipinski definition) is 1. The van der Waals surface area contributed by atoms with E-state index in [0.29, 0.717) is 24.8 Å². The SMILES string of the molecule is CCCOC(=O)Oc1ccc(C[C@H](NCC(C)OC(=O)OC(C)CC)C(=O)OC)cc1OC(=O)OCCC. The van der Waals surface area contributed by atoms with Crippen LogP contribution < -0.4 is 14.8 Å². The molecule has 1 aromatic rings. The van der Waals surface area contributed by atoms with E-state index >= 15 is 0 Å². The highest BCUT2D eigenvalue weighted by Gasteiger charge is 2.23. The highest BCUT2D eigenvalue weighted by atomic mass is 16.7. The Labute approximate surface area is 223 Å². The van der Waals surface area contributed by atoms with E-state index in [-0.39, 0.29) is 43.8 Å². The van der Waals surface area contributed by atoms with Gasteiger partial charge in [0.1, 0.15) is 18.2 Å². The first-order chi connectivity index (χ1) is 18.1. The van der Waals surface area contributed by atoms with Crippen LogP contribution in [0.1, 0.15) is 59.4 Å². The van der Waals surface area contributed by atoms with Crippen LogP contribution in [0.3, 0.4) is 0 Å². The molecule has 12 heteroatoms. The first-order valence-corrected chi connectivity index (χ1v) is 12.6. The van der Waals surface area contributed by atoms with E-state index in [1.807, 2.05) is 20.8 Å². The number of methoxy groups -OCH3 is 1. The van der Waals surface area contributed by atoms with Gasteiger partial charge in [0.25, 0.3) is 0 Å². The Kier molecular flexibility index (Phi) is 15.2. The summed E-state index contributed by atoms with van der Waals surface area (Å²) in [5.41, 5.74) is 0.546. The van der Waals surface area contributed by atoms with E-state index in [1.54, 1.807) is 19.9 Å². The summed E-state index contributed by atoms with van der Waals surface area (Å²) in [5.74, 6) is -0.717. The molecule has 0 amide bonds. The van der Waals surface area contributed by atoms with Crippen LogP contribution in [0.25, 0.3) is 0 Å². The van der Waals surface area contributed by atoms with Crippen LogP contribution in [0.15, 0.2) is 18.2 Å². The van der Waals surface area contributed by atoms with E-state index in [2.05, 4.69) is 5.32 Å². The van der Waals surface area contributed by atoms with E-state index in [1.165, 1.54) is 19.2 Å². The second kappa shape index (κ2) is 17.8. The van der Waals surface area contributed by atoms with Gasteiger partial charge in [0, 0.05) is 6.54 Å². The predicted molar refractivity (Wildman–Crippen MR) is 135 cm³/mol. The Morgan fingerprint density at radius 3 is 1.95 bits per heavy atom. The van der Waals surface area contributed by atoms with E-state index in [9.17, 15) is 19.2 Å². The molecule has 12 nitrogen and oxygen atoms in total. The van der Waals surface area contributed by atoms with E-state index in [0.717, 1.165) is 0 Å². The van der Waals surface area contributed by atoms with Crippen molar-refractivity contribution in [3.8, 4) is 11.5 Å². The largest absolute Gasteiger partial charge is 0.513 e. The van der Waals surface area contributed by atoms with Crippen LogP contribution in [0.2, 0.25) is 0 Å². The molecule has 0 aromatic heterocycles. The first-order valence-electron chi connectivity index (χ1n) is 12.6. The van der Waals surface area contributed by atoms with Gasteiger partial charge in [-0.1, -0.05) is 26.8 Å². The van der Waals surface area contributed by atoms with Crippen molar-refractivity contribution >= 4 is 24.4 Å². The van der Waals surface area contributed by atoms with Crippen molar-refractivity contribution in [1.82, 2.24) is 5.32 Å². The lowest BCUT2D eigenvalue weighted by atomic mass is 10.0. The van der Waals surface area contributed by atoms with Crippen molar-refractivity contribution in [3.63, 3.8) is 0 Å². The highest BCUT2D eigenvalue weighted by Crippen LogP contribution is 2.30. The maximum absolute atomic E-state index is 12.4. The molecule has 0 radical (unpaired) electrons. The molecule has 0 heterocycles. The monoisotopic (exact) mass is 541 g/mol. The zero-order chi connectivity index (χ0) is 28.5. The molecule has 2 unspecified atom stereocenters. The molecule has 3 atom stereocenters. The van der Waals surface area contributed by atoms with Gasteiger partial charge >= 0.3 is 24.4 Å². The molecule has 1 rings (SSSR count). The van der Waals surface area contributed by atoms with Crippen LogP contribution >= 0.6 is 0 Å². The smallest absolute Gasteiger partial charge is 0.468 e. The highest BCUT2D eigenvalue weighted by molar-refractivity contribution is 5.76. The number of benzene rings is 1. The van der Waals surface area contributed by atoms with Gasteiger partial charge in [-0.3, -0.25) is 4.79 Å². The molecule has 1 N–H and O–H groups in total. The fourth-order valence-electron chi connectivity index (χ4n) is 2.86. The molecular weight excluding hydrogens is 502 g/mol. The average molecular weight is 542 g/mol. The summed E-state index contributed by atoms with van der Waals surface area (Å²) in [5, 5.41) is 3.00. The normalized spacial score (nSPS) is 12.9. The first kappa shape index (κ1) is 32.5. The second-order valence-corrected chi connectivity index (χ2v) is 8.39. The maximum Gasteiger partial charge on any atom is 0.513 e. The second-order valence-electron chi connectivity index (χ2n) is 8.39. The minimum absolute atomic E-state index is 0.0623. The molecule has 0 fully saturated rings. The molecule has 38 heavy (non-hydrogen) atoms. The molecule has 0 aliphatic rings. The van der Waals surface area contributed by atoms with Gasteiger partial charge in [0.15, 0.2) is 11.5 Å². The van der Waals surface area contributed by atoms with Gasteiger partial charge in [0.05, 0.1) is 20.3 Å². The van der Waals surface area contributed by atoms with E-state index < -0.39 is 36.6 Å². The fraction of sp³-hybridized carbons (Fsp3) is 0.615. The zero-order valence-electron chi connectivity index (χ0n) is 22.9. The van der Waals surface area contributed by atoms with Gasteiger partial charge in [-0.15, -0.1) is 0 Å². The third kappa shape index (κ3) is 12.6. The molecule has 1 aromatic carbocycles. The van der Waals surface area contributed by atoms with Gasteiger partial charge in [-0.05, 0) is 57.2 Å². The predicted octanol–water partition coefficient (Wildman–Crippen LogP) is 4.55. The Hall–Kier alpha value is -3.54. The molecule has 0 spiro atoms. The van der Waals surface area contributed by atoms with Crippen molar-refractivity contribution in [2.45, 2.75) is 78.6 Å². The lowest BCUT2D eigenvalue weighted by Gasteiger charge is -2.21. The third-order valence-electron chi connectivity index (χ3n) is 4.99. The summed E-state index contributed by atoms with van der Waals surface area (Å²) < 4.78 is 35.5. The Morgan fingerprint density at radius 2 is 1.39 bits per heavy atom. The number of ether oxygens (including phenoxy) is 7. The van der Waals surface area contributed by atoms with Crippen molar-refractivity contribution in [2.75, 3.05) is 26.9 Å². The minimum atomic E-state index is -0.978. The number of carbonyl (C=O) groups excluding carboxylic acids is 4. The van der Waals surface area contributed by atoms with Crippen molar-refractivity contribution in [2.24, 2.45) is 0 Å². The standard InChI is InChI=1S/C26H39NO11/c1-7-12-33-24(29)37-21-11-10-19(15-22(21)38-25(30)34-13-8-2)14-20(23(28)32-6)27-16-18(5)36-26(31)35-17(4)9-3/h10-11,15,17-18,20,27H,7-9,12-14,16H2,1-6H3/t17?,18?,20-/m0/s1. The summed E-state index contributed by atoms with van der Waals surface area (Å²) in [6.45, 7) is 9.38. The van der Waals surface area contributed by atoms with Crippen LogP contribution in [-0.2, 0) is 34.9 Å². The third-order valence-corrected chi connectivity index (χ3v) is 4.99. The molecule has 0 aliphatic heterocycles. The van der Waals surface area contributed by atoms with Crippen LogP contribution in [0, 0.1) is 0 Å². The summed E-state index contributed by atoms with van der Waals surface area (Å²) >= 11 is 0.